The first-order valence-electron chi connectivity index (χ1n) is 7.00. The fourth-order valence-corrected chi connectivity index (χ4v) is 2.83. The van der Waals surface area contributed by atoms with Crippen LogP contribution in [0.25, 0.3) is 0 Å². The van der Waals surface area contributed by atoms with Gasteiger partial charge >= 0.3 is 5.97 Å². The van der Waals surface area contributed by atoms with Crippen LogP contribution in [0.4, 0.5) is 0 Å². The Hall–Kier alpha value is -1.77. The summed E-state index contributed by atoms with van der Waals surface area (Å²) in [5.74, 6) is -0.238. The Kier molecular flexibility index (Phi) is 3.63. The average molecular weight is 274 g/mol. The summed E-state index contributed by atoms with van der Waals surface area (Å²) in [5.41, 5.74) is 1.07. The zero-order valence-corrected chi connectivity index (χ0v) is 12.6. The van der Waals surface area contributed by atoms with Gasteiger partial charge in [-0.05, 0) is 30.9 Å². The molecule has 2 rings (SSSR count). The van der Waals surface area contributed by atoms with E-state index in [4.69, 9.17) is 4.74 Å². The predicted octanol–water partition coefficient (Wildman–Crippen LogP) is 3.81. The summed E-state index contributed by atoms with van der Waals surface area (Å²) in [6.07, 6.45) is 5.22. The largest absolute Gasteiger partial charge is 0.508 e. The summed E-state index contributed by atoms with van der Waals surface area (Å²) in [5, 5.41) is 10.3. The normalized spacial score (nSPS) is 23.8. The molecule has 0 unspecified atom stereocenters. The van der Waals surface area contributed by atoms with Crippen LogP contribution in [0.3, 0.4) is 0 Å². The number of hydrogen-bond acceptors (Lipinski definition) is 3. The van der Waals surface area contributed by atoms with Crippen LogP contribution in [-0.2, 0) is 10.2 Å². The minimum atomic E-state index is -0.400. The quantitative estimate of drug-likeness (QED) is 0.673. The van der Waals surface area contributed by atoms with Crippen molar-refractivity contribution in [2.75, 3.05) is 6.61 Å². The molecule has 0 saturated heterocycles. The third-order valence-electron chi connectivity index (χ3n) is 4.59. The Morgan fingerprint density at radius 3 is 2.55 bits per heavy atom. The van der Waals surface area contributed by atoms with Crippen LogP contribution in [0.2, 0.25) is 0 Å². The molecule has 0 aliphatic heterocycles. The van der Waals surface area contributed by atoms with E-state index in [0.717, 1.165) is 12.0 Å². The summed E-state index contributed by atoms with van der Waals surface area (Å²) in [6, 6.07) is 5.08. The van der Waals surface area contributed by atoms with E-state index in [2.05, 4.69) is 32.9 Å². The molecule has 1 aromatic carbocycles. The molecule has 0 amide bonds. The van der Waals surface area contributed by atoms with Gasteiger partial charge in [-0.25, -0.2) is 4.79 Å². The van der Waals surface area contributed by atoms with Crippen molar-refractivity contribution >= 4 is 5.97 Å². The summed E-state index contributed by atoms with van der Waals surface area (Å²) < 4.78 is 4.95. The molecular weight excluding hydrogens is 252 g/mol. The molecule has 0 radical (unpaired) electrons. The van der Waals surface area contributed by atoms with Crippen molar-refractivity contribution in [2.45, 2.75) is 39.5 Å². The van der Waals surface area contributed by atoms with Gasteiger partial charge in [0.1, 0.15) is 5.75 Å². The highest BCUT2D eigenvalue weighted by atomic mass is 16.5. The SMILES string of the molecule is CCOC(=O)c1ccc([C@]2(C)CC=CC2(C)C)c(O)c1. The average Bonchev–Trinajstić information content (AvgIpc) is 2.64. The van der Waals surface area contributed by atoms with Crippen LogP contribution in [-0.4, -0.2) is 17.7 Å². The molecule has 3 heteroatoms. The minimum Gasteiger partial charge on any atom is -0.508 e. The van der Waals surface area contributed by atoms with Gasteiger partial charge in [0.25, 0.3) is 0 Å². The zero-order chi connectivity index (χ0) is 15.0. The fraction of sp³-hybridized carbons (Fsp3) is 0.471. The molecule has 0 aromatic heterocycles. The molecule has 0 saturated carbocycles. The molecule has 108 valence electrons. The van der Waals surface area contributed by atoms with E-state index in [1.54, 1.807) is 13.0 Å². The third-order valence-corrected chi connectivity index (χ3v) is 4.59. The van der Waals surface area contributed by atoms with E-state index in [9.17, 15) is 9.90 Å². The second-order valence-electron chi connectivity index (χ2n) is 6.11. The maximum atomic E-state index is 11.7. The summed E-state index contributed by atoms with van der Waals surface area (Å²) in [6.45, 7) is 8.56. The number of aromatic hydroxyl groups is 1. The van der Waals surface area contributed by atoms with Crippen LogP contribution < -0.4 is 0 Å². The summed E-state index contributed by atoms with van der Waals surface area (Å²) in [7, 11) is 0. The van der Waals surface area contributed by atoms with Crippen LogP contribution in [0.15, 0.2) is 30.4 Å². The third kappa shape index (κ3) is 2.21. The molecule has 20 heavy (non-hydrogen) atoms. The van der Waals surface area contributed by atoms with E-state index in [1.165, 1.54) is 6.07 Å². The van der Waals surface area contributed by atoms with Gasteiger partial charge in [0.15, 0.2) is 0 Å². The molecule has 3 nitrogen and oxygen atoms in total. The highest BCUT2D eigenvalue weighted by molar-refractivity contribution is 5.90. The van der Waals surface area contributed by atoms with Crippen molar-refractivity contribution in [3.8, 4) is 5.75 Å². The lowest BCUT2D eigenvalue weighted by molar-refractivity contribution is 0.0526. The zero-order valence-electron chi connectivity index (χ0n) is 12.6. The van der Waals surface area contributed by atoms with Gasteiger partial charge < -0.3 is 9.84 Å². The lowest BCUT2D eigenvalue weighted by Crippen LogP contribution is -2.34. The van der Waals surface area contributed by atoms with Crippen molar-refractivity contribution in [1.82, 2.24) is 0 Å². The van der Waals surface area contributed by atoms with E-state index in [1.807, 2.05) is 6.07 Å². The smallest absolute Gasteiger partial charge is 0.338 e. The van der Waals surface area contributed by atoms with E-state index < -0.39 is 5.97 Å². The Morgan fingerprint density at radius 1 is 1.35 bits per heavy atom. The van der Waals surface area contributed by atoms with Crippen LogP contribution in [0.5, 0.6) is 5.75 Å². The summed E-state index contributed by atoms with van der Waals surface area (Å²) >= 11 is 0. The standard InChI is InChI=1S/C17H22O3/c1-5-20-15(19)12-7-8-13(14(18)11-12)17(4)10-6-9-16(17,2)3/h6-9,11,18H,5,10H2,1-4H3/t17-/m0/s1. The van der Waals surface area contributed by atoms with E-state index >= 15 is 0 Å². The maximum absolute atomic E-state index is 11.7. The Bertz CT molecular complexity index is 557. The molecule has 0 bridgehead atoms. The molecule has 0 spiro atoms. The first-order valence-corrected chi connectivity index (χ1v) is 7.00. The van der Waals surface area contributed by atoms with Crippen LogP contribution >= 0.6 is 0 Å². The lowest BCUT2D eigenvalue weighted by Gasteiger charge is -2.39. The first-order chi connectivity index (χ1) is 9.32. The van der Waals surface area contributed by atoms with Crippen molar-refractivity contribution in [3.63, 3.8) is 0 Å². The van der Waals surface area contributed by atoms with Crippen molar-refractivity contribution in [3.05, 3.63) is 41.5 Å². The van der Waals surface area contributed by atoms with Crippen molar-refractivity contribution in [1.29, 1.82) is 0 Å². The molecule has 1 atom stereocenters. The number of esters is 1. The molecule has 0 heterocycles. The molecule has 1 aliphatic rings. The number of phenolic OH excluding ortho intramolecular Hbond substituents is 1. The van der Waals surface area contributed by atoms with Crippen LogP contribution in [0, 0.1) is 5.41 Å². The second-order valence-corrected chi connectivity index (χ2v) is 6.11. The Morgan fingerprint density at radius 2 is 2.05 bits per heavy atom. The number of allylic oxidation sites excluding steroid dienone is 2. The van der Waals surface area contributed by atoms with Gasteiger partial charge in [-0.2, -0.15) is 0 Å². The van der Waals surface area contributed by atoms with Crippen molar-refractivity contribution < 1.29 is 14.6 Å². The number of rotatable bonds is 3. The van der Waals surface area contributed by atoms with E-state index in [-0.39, 0.29) is 16.6 Å². The minimum absolute atomic E-state index is 0.0318. The van der Waals surface area contributed by atoms with Gasteiger partial charge in [-0.15, -0.1) is 0 Å². The predicted molar refractivity (Wildman–Crippen MR) is 79.0 cm³/mol. The molecule has 0 fully saturated rings. The highest BCUT2D eigenvalue weighted by Gasteiger charge is 2.44. The molecular formula is C17H22O3. The van der Waals surface area contributed by atoms with Gasteiger partial charge in [-0.1, -0.05) is 39.0 Å². The Labute approximate surface area is 120 Å². The molecule has 1 N–H and O–H groups in total. The van der Waals surface area contributed by atoms with Gasteiger partial charge in [0.05, 0.1) is 12.2 Å². The van der Waals surface area contributed by atoms with Gasteiger partial charge in [0, 0.05) is 11.0 Å². The number of carbonyl (C=O) groups excluding carboxylic acids is 1. The first kappa shape index (κ1) is 14.6. The number of phenols is 1. The Balaban J connectivity index is 2.38. The van der Waals surface area contributed by atoms with E-state index in [0.29, 0.717) is 12.2 Å². The number of hydrogen-bond donors (Lipinski definition) is 1. The number of carbonyl (C=O) groups is 1. The van der Waals surface area contributed by atoms with Gasteiger partial charge in [0.2, 0.25) is 0 Å². The second kappa shape index (κ2) is 4.97. The van der Waals surface area contributed by atoms with Crippen LogP contribution in [0.1, 0.15) is 50.0 Å². The monoisotopic (exact) mass is 274 g/mol. The molecule has 1 aliphatic carbocycles. The summed E-state index contributed by atoms with van der Waals surface area (Å²) in [4.78, 5) is 11.7. The highest BCUT2D eigenvalue weighted by Crippen LogP contribution is 2.52. The number of ether oxygens (including phenoxy) is 1. The lowest BCUT2D eigenvalue weighted by atomic mass is 9.64. The van der Waals surface area contributed by atoms with Gasteiger partial charge in [-0.3, -0.25) is 0 Å². The fourth-order valence-electron chi connectivity index (χ4n) is 2.83. The number of benzene rings is 1. The van der Waals surface area contributed by atoms with Crippen molar-refractivity contribution in [2.24, 2.45) is 5.41 Å². The molecule has 1 aromatic rings. The maximum Gasteiger partial charge on any atom is 0.338 e. The topological polar surface area (TPSA) is 46.5 Å².